The lowest BCUT2D eigenvalue weighted by Gasteiger charge is -2.19. The topological polar surface area (TPSA) is 155 Å². The van der Waals surface area contributed by atoms with Crippen LogP contribution < -0.4 is 5.73 Å². The molecular weight excluding hydrogens is 705 g/mol. The molecule has 0 saturated carbocycles. The quantitative estimate of drug-likeness (QED) is 0.0182. The normalized spacial score (nSPS) is 14.7. The molecule has 11 heteroatoms. The molecule has 0 aliphatic carbocycles. The van der Waals surface area contributed by atoms with Crippen LogP contribution in [0, 0.1) is 0 Å². The molecule has 0 aromatic heterocycles. The summed E-state index contributed by atoms with van der Waals surface area (Å²) in [6.45, 7) is 3.40. The van der Waals surface area contributed by atoms with Gasteiger partial charge in [-0.3, -0.25) is 18.6 Å². The first-order valence-electron chi connectivity index (χ1n) is 20.5. The predicted molar refractivity (Wildman–Crippen MR) is 221 cm³/mol. The molecule has 0 fully saturated rings. The third kappa shape index (κ3) is 37.7. The minimum atomic E-state index is -4.41. The lowest BCUT2D eigenvalue weighted by molar-refractivity contribution is -0.161. The van der Waals surface area contributed by atoms with Crippen LogP contribution in [0.25, 0.3) is 0 Å². The summed E-state index contributed by atoms with van der Waals surface area (Å²) in [5.74, 6) is -0.974. The van der Waals surface area contributed by atoms with Crippen molar-refractivity contribution in [1.29, 1.82) is 0 Å². The van der Waals surface area contributed by atoms with E-state index in [2.05, 4.69) is 56.4 Å². The maximum atomic E-state index is 12.5. The molecule has 0 heterocycles. The molecule has 0 rings (SSSR count). The number of carbonyl (C=O) groups is 2. The molecule has 0 aromatic rings. The van der Waals surface area contributed by atoms with Gasteiger partial charge in [-0.15, -0.1) is 0 Å². The zero-order valence-electron chi connectivity index (χ0n) is 33.5. The number of phosphoric acid groups is 1. The Morgan fingerprint density at radius 1 is 0.667 bits per heavy atom. The second-order valence-electron chi connectivity index (χ2n) is 13.3. The Bertz CT molecular complexity index is 1130. The van der Waals surface area contributed by atoms with Crippen LogP contribution in [-0.4, -0.2) is 60.5 Å². The third-order valence-electron chi connectivity index (χ3n) is 8.18. The van der Waals surface area contributed by atoms with E-state index in [4.69, 9.17) is 24.3 Å². The average molecular weight is 780 g/mol. The lowest BCUT2D eigenvalue weighted by atomic mass is 10.1. The van der Waals surface area contributed by atoms with Gasteiger partial charge in [-0.1, -0.05) is 145 Å². The molecule has 0 aliphatic heterocycles. The zero-order valence-corrected chi connectivity index (χ0v) is 34.4. The average Bonchev–Trinajstić information content (AvgIpc) is 3.15. The van der Waals surface area contributed by atoms with Crippen LogP contribution in [0.4, 0.5) is 0 Å². The largest absolute Gasteiger partial charge is 0.472 e. The molecule has 2 unspecified atom stereocenters. The number of aliphatic hydroxyl groups excluding tert-OH is 1. The first-order chi connectivity index (χ1) is 26.2. The van der Waals surface area contributed by atoms with Gasteiger partial charge in [0, 0.05) is 19.4 Å². The van der Waals surface area contributed by atoms with E-state index in [1.165, 1.54) is 38.5 Å². The molecule has 0 aliphatic rings. The Morgan fingerprint density at radius 3 is 1.96 bits per heavy atom. The number of phosphoric ester groups is 1. The fourth-order valence-electron chi connectivity index (χ4n) is 5.13. The van der Waals surface area contributed by atoms with Gasteiger partial charge in [0.05, 0.1) is 19.3 Å². The summed E-state index contributed by atoms with van der Waals surface area (Å²) in [5, 5.41) is 10.1. The predicted octanol–water partition coefficient (Wildman–Crippen LogP) is 10.5. The van der Waals surface area contributed by atoms with Gasteiger partial charge >= 0.3 is 19.8 Å². The van der Waals surface area contributed by atoms with Crippen LogP contribution in [0.3, 0.4) is 0 Å². The van der Waals surface area contributed by atoms with Gasteiger partial charge in [-0.25, -0.2) is 4.57 Å². The van der Waals surface area contributed by atoms with Crippen molar-refractivity contribution in [2.75, 3.05) is 26.4 Å². The van der Waals surface area contributed by atoms with Crippen molar-refractivity contribution >= 4 is 19.8 Å². The van der Waals surface area contributed by atoms with Gasteiger partial charge < -0.3 is 25.2 Å². The first kappa shape index (κ1) is 51.4. The van der Waals surface area contributed by atoms with Gasteiger partial charge in [-0.05, 0) is 64.2 Å². The van der Waals surface area contributed by atoms with Crippen molar-refractivity contribution in [3.05, 3.63) is 72.9 Å². The lowest BCUT2D eigenvalue weighted by Crippen LogP contribution is -2.29. The monoisotopic (exact) mass is 780 g/mol. The van der Waals surface area contributed by atoms with Crippen molar-refractivity contribution in [3.8, 4) is 0 Å². The summed E-state index contributed by atoms with van der Waals surface area (Å²) < 4.78 is 32.6. The highest BCUT2D eigenvalue weighted by atomic mass is 31.2. The van der Waals surface area contributed by atoms with Crippen molar-refractivity contribution in [1.82, 2.24) is 0 Å². The number of carbonyl (C=O) groups excluding carboxylic acids is 2. The molecule has 0 bridgehead atoms. The highest BCUT2D eigenvalue weighted by Crippen LogP contribution is 2.43. The third-order valence-corrected chi connectivity index (χ3v) is 9.16. The van der Waals surface area contributed by atoms with Crippen LogP contribution in [0.2, 0.25) is 0 Å². The number of rotatable bonds is 37. The minimum absolute atomic E-state index is 0.0279. The summed E-state index contributed by atoms with van der Waals surface area (Å²) in [6.07, 6.45) is 42.5. The van der Waals surface area contributed by atoms with E-state index in [1.807, 2.05) is 24.3 Å². The van der Waals surface area contributed by atoms with Gasteiger partial charge in [0.25, 0.3) is 0 Å². The van der Waals surface area contributed by atoms with Crippen LogP contribution in [-0.2, 0) is 32.7 Å². The van der Waals surface area contributed by atoms with Crippen LogP contribution in [0.1, 0.15) is 149 Å². The molecule has 3 atom stereocenters. The molecule has 4 N–H and O–H groups in total. The van der Waals surface area contributed by atoms with E-state index in [0.717, 1.165) is 57.8 Å². The highest BCUT2D eigenvalue weighted by Gasteiger charge is 2.25. The summed E-state index contributed by atoms with van der Waals surface area (Å²) in [7, 11) is -4.41. The van der Waals surface area contributed by atoms with Gasteiger partial charge in [0.1, 0.15) is 6.61 Å². The molecule has 0 amide bonds. The molecule has 0 spiro atoms. The molecule has 10 nitrogen and oxygen atoms in total. The smallest absolute Gasteiger partial charge is 0.462 e. The number of aliphatic hydroxyl groups is 1. The van der Waals surface area contributed by atoms with Crippen LogP contribution in [0.15, 0.2) is 72.9 Å². The SMILES string of the molecule is CC/C=C/C/C=C/C=C/C(O)CCCCCCCC(=O)OC[C@H](COP(=O)(O)OCCN)OC(=O)CCC/C=C\C/C=C\C/C=C\CCCCCCCC. The number of allylic oxidation sites excluding steroid dienone is 11. The van der Waals surface area contributed by atoms with Crippen molar-refractivity contribution in [3.63, 3.8) is 0 Å². The molecule has 0 radical (unpaired) electrons. The molecule has 0 aromatic carbocycles. The molecule has 54 heavy (non-hydrogen) atoms. The second-order valence-corrected chi connectivity index (χ2v) is 14.8. The van der Waals surface area contributed by atoms with Crippen molar-refractivity contribution in [2.45, 2.75) is 161 Å². The molecule has 0 saturated heterocycles. The Hall–Kier alpha value is -2.59. The van der Waals surface area contributed by atoms with E-state index in [1.54, 1.807) is 6.08 Å². The Labute approximate surface area is 327 Å². The Morgan fingerprint density at radius 2 is 1.26 bits per heavy atom. The number of hydrogen-bond donors (Lipinski definition) is 3. The summed E-state index contributed by atoms with van der Waals surface area (Å²) in [6, 6.07) is 0. The van der Waals surface area contributed by atoms with E-state index < -0.39 is 38.6 Å². The molecule has 310 valence electrons. The maximum Gasteiger partial charge on any atom is 0.472 e. The van der Waals surface area contributed by atoms with Gasteiger partial charge in [0.15, 0.2) is 6.10 Å². The van der Waals surface area contributed by atoms with Crippen molar-refractivity contribution < 1.29 is 42.7 Å². The van der Waals surface area contributed by atoms with Crippen LogP contribution >= 0.6 is 7.82 Å². The van der Waals surface area contributed by atoms with E-state index in [9.17, 15) is 24.2 Å². The summed E-state index contributed by atoms with van der Waals surface area (Å²) in [5.41, 5.74) is 5.33. The standard InChI is InChI=1S/C43H74NO9P/c1-3-5-7-9-11-12-13-14-15-16-17-18-19-20-22-26-31-35-43(47)53-41(39-52-54(48,49)51-37-36-44)38-50-42(46)34-30-27-23-25-29-33-40(45)32-28-24-21-10-8-6-4-2/h6,8,14-15,17-18,20-22,24,28,32,40-41,45H,3-5,7,9-13,16,19,23,25-27,29-31,33-39,44H2,1-2H3,(H,48,49)/b8-6+,15-14-,18-17-,22-20-,24-21+,32-28+/t40?,41-/m1/s1. The summed E-state index contributed by atoms with van der Waals surface area (Å²) in [4.78, 5) is 34.8. The number of esters is 2. The van der Waals surface area contributed by atoms with Crippen molar-refractivity contribution in [2.24, 2.45) is 5.73 Å². The zero-order chi connectivity index (χ0) is 39.8. The van der Waals surface area contributed by atoms with E-state index >= 15 is 0 Å². The van der Waals surface area contributed by atoms with E-state index in [-0.39, 0.29) is 32.6 Å². The fraction of sp³-hybridized carbons (Fsp3) is 0.674. The highest BCUT2D eigenvalue weighted by molar-refractivity contribution is 7.47. The molecular formula is C43H74NO9P. The minimum Gasteiger partial charge on any atom is -0.462 e. The fourth-order valence-corrected chi connectivity index (χ4v) is 5.89. The Balaban J connectivity index is 4.38. The second kappa shape index (κ2) is 38.7. The van der Waals surface area contributed by atoms with E-state index in [0.29, 0.717) is 25.7 Å². The maximum absolute atomic E-state index is 12.5. The number of hydrogen-bond acceptors (Lipinski definition) is 9. The number of nitrogens with two attached hydrogens (primary N) is 1. The Kier molecular flexibility index (Phi) is 36.8. The van der Waals surface area contributed by atoms with Gasteiger partial charge in [-0.2, -0.15) is 0 Å². The number of unbranched alkanes of at least 4 members (excludes halogenated alkanes) is 11. The number of ether oxygens (including phenoxy) is 2. The van der Waals surface area contributed by atoms with Gasteiger partial charge in [0.2, 0.25) is 0 Å². The van der Waals surface area contributed by atoms with Crippen LogP contribution in [0.5, 0.6) is 0 Å². The first-order valence-corrected chi connectivity index (χ1v) is 22.0. The summed E-state index contributed by atoms with van der Waals surface area (Å²) >= 11 is 0.